The SMILES string of the molecule is O=C(CSc1nnc(-c2ccncc2)n1-c1ccccc1)N/N=C/c1cc2c(cc1[N+](=O)[O-])OCO2. The predicted molar refractivity (Wildman–Crippen MR) is 130 cm³/mol. The summed E-state index contributed by atoms with van der Waals surface area (Å²) in [5.41, 5.74) is 4.00. The summed E-state index contributed by atoms with van der Waals surface area (Å²) >= 11 is 1.18. The molecule has 0 unspecified atom stereocenters. The molecule has 180 valence electrons. The Morgan fingerprint density at radius 3 is 2.64 bits per heavy atom. The lowest BCUT2D eigenvalue weighted by molar-refractivity contribution is -0.385. The van der Waals surface area contributed by atoms with Gasteiger partial charge in [0, 0.05) is 23.6 Å². The minimum absolute atomic E-state index is 0.0120. The number of para-hydroxylation sites is 1. The van der Waals surface area contributed by atoms with Crippen molar-refractivity contribution in [1.82, 2.24) is 25.2 Å². The van der Waals surface area contributed by atoms with Crippen molar-refractivity contribution in [3.8, 4) is 28.6 Å². The molecular formula is C23H17N7O5S. The van der Waals surface area contributed by atoms with Gasteiger partial charge in [0.15, 0.2) is 22.5 Å². The Labute approximate surface area is 208 Å². The zero-order valence-corrected chi connectivity index (χ0v) is 19.3. The van der Waals surface area contributed by atoms with E-state index in [1.807, 2.05) is 47.0 Å². The molecule has 0 bridgehead atoms. The van der Waals surface area contributed by atoms with Gasteiger partial charge in [-0.1, -0.05) is 30.0 Å². The molecule has 12 nitrogen and oxygen atoms in total. The van der Waals surface area contributed by atoms with Gasteiger partial charge in [0.05, 0.1) is 28.5 Å². The fourth-order valence-corrected chi connectivity index (χ4v) is 4.15. The highest BCUT2D eigenvalue weighted by atomic mass is 32.2. The molecule has 0 fully saturated rings. The Kier molecular flexibility index (Phi) is 6.53. The highest BCUT2D eigenvalue weighted by molar-refractivity contribution is 7.99. The first kappa shape index (κ1) is 23.0. The highest BCUT2D eigenvalue weighted by Crippen LogP contribution is 2.37. The van der Waals surface area contributed by atoms with Crippen LogP contribution < -0.4 is 14.9 Å². The molecule has 0 aliphatic carbocycles. The van der Waals surface area contributed by atoms with E-state index in [0.717, 1.165) is 11.3 Å². The number of nitrogens with zero attached hydrogens (tertiary/aromatic N) is 6. The van der Waals surface area contributed by atoms with Crippen LogP contribution in [0.1, 0.15) is 5.56 Å². The molecule has 36 heavy (non-hydrogen) atoms. The molecule has 4 aromatic rings. The standard InChI is InChI=1S/C23H17N7O5S/c31-21(26-25-12-16-10-19-20(35-14-34-19)11-18(16)30(32)33)13-36-23-28-27-22(15-6-8-24-9-7-15)29(23)17-4-2-1-3-5-17/h1-12H,13-14H2,(H,26,31)/b25-12+. The van der Waals surface area contributed by atoms with Crippen molar-refractivity contribution in [2.75, 3.05) is 12.5 Å². The van der Waals surface area contributed by atoms with Crippen molar-refractivity contribution in [3.05, 3.63) is 82.7 Å². The molecule has 0 saturated carbocycles. The van der Waals surface area contributed by atoms with Crippen molar-refractivity contribution in [1.29, 1.82) is 0 Å². The Morgan fingerprint density at radius 1 is 1.14 bits per heavy atom. The second kappa shape index (κ2) is 10.2. The molecule has 5 rings (SSSR count). The van der Waals surface area contributed by atoms with Crippen LogP contribution in [0.2, 0.25) is 0 Å². The van der Waals surface area contributed by atoms with E-state index in [0.29, 0.717) is 16.7 Å². The zero-order chi connectivity index (χ0) is 24.9. The molecule has 1 aliphatic rings. The van der Waals surface area contributed by atoms with Crippen LogP contribution in [0.5, 0.6) is 11.5 Å². The second-order valence-corrected chi connectivity index (χ2v) is 8.26. The summed E-state index contributed by atoms with van der Waals surface area (Å²) in [5.74, 6) is 0.830. The van der Waals surface area contributed by atoms with Crippen LogP contribution in [0.15, 0.2) is 77.2 Å². The van der Waals surface area contributed by atoms with Gasteiger partial charge >= 0.3 is 0 Å². The molecule has 0 radical (unpaired) electrons. The maximum atomic E-state index is 12.4. The number of pyridine rings is 1. The summed E-state index contributed by atoms with van der Waals surface area (Å²) in [5, 5.41) is 24.3. The number of ether oxygens (including phenoxy) is 2. The normalized spacial score (nSPS) is 12.1. The number of nitro benzene ring substituents is 1. The Bertz CT molecular complexity index is 1440. The Balaban J connectivity index is 1.30. The van der Waals surface area contributed by atoms with E-state index >= 15 is 0 Å². The monoisotopic (exact) mass is 503 g/mol. The maximum absolute atomic E-state index is 12.4. The summed E-state index contributed by atoms with van der Waals surface area (Å²) in [6.07, 6.45) is 4.53. The third-order valence-corrected chi connectivity index (χ3v) is 5.96. The van der Waals surface area contributed by atoms with E-state index in [4.69, 9.17) is 9.47 Å². The lowest BCUT2D eigenvalue weighted by Gasteiger charge is -2.10. The van der Waals surface area contributed by atoms with Gasteiger partial charge in [-0.25, -0.2) is 5.43 Å². The molecule has 13 heteroatoms. The van der Waals surface area contributed by atoms with Gasteiger partial charge in [0.25, 0.3) is 11.6 Å². The fraction of sp³-hybridized carbons (Fsp3) is 0.0870. The van der Waals surface area contributed by atoms with Crippen LogP contribution in [-0.2, 0) is 4.79 Å². The number of hydrogen-bond donors (Lipinski definition) is 1. The van der Waals surface area contributed by atoms with E-state index in [1.54, 1.807) is 12.4 Å². The molecule has 2 aromatic carbocycles. The molecule has 0 saturated heterocycles. The average Bonchev–Trinajstić information content (AvgIpc) is 3.54. The van der Waals surface area contributed by atoms with Crippen LogP contribution in [0.3, 0.4) is 0 Å². The molecule has 1 amide bonds. The number of rotatable bonds is 8. The molecule has 0 atom stereocenters. The van der Waals surface area contributed by atoms with Crippen LogP contribution >= 0.6 is 11.8 Å². The predicted octanol–water partition coefficient (Wildman–Crippen LogP) is 3.21. The number of hydrogen-bond acceptors (Lipinski definition) is 10. The fourth-order valence-electron chi connectivity index (χ4n) is 3.41. The Morgan fingerprint density at radius 2 is 1.89 bits per heavy atom. The van der Waals surface area contributed by atoms with Gasteiger partial charge < -0.3 is 9.47 Å². The number of aromatic nitrogens is 4. The number of thioether (sulfide) groups is 1. The molecule has 1 N–H and O–H groups in total. The zero-order valence-electron chi connectivity index (χ0n) is 18.5. The van der Waals surface area contributed by atoms with Gasteiger partial charge in [-0.05, 0) is 30.3 Å². The second-order valence-electron chi connectivity index (χ2n) is 7.32. The number of carbonyl (C=O) groups excluding carboxylic acids is 1. The number of fused-ring (bicyclic) bond motifs is 1. The molecule has 1 aliphatic heterocycles. The van der Waals surface area contributed by atoms with Gasteiger partial charge in [-0.2, -0.15) is 5.10 Å². The number of hydrazone groups is 1. The quantitative estimate of drug-likeness (QED) is 0.166. The van der Waals surface area contributed by atoms with Crippen molar-refractivity contribution in [2.45, 2.75) is 5.16 Å². The first-order chi connectivity index (χ1) is 17.6. The summed E-state index contributed by atoms with van der Waals surface area (Å²) in [7, 11) is 0. The van der Waals surface area contributed by atoms with Gasteiger partial charge in [-0.3, -0.25) is 24.5 Å². The molecule has 2 aromatic heterocycles. The average molecular weight is 504 g/mol. The lowest BCUT2D eigenvalue weighted by Crippen LogP contribution is -2.20. The smallest absolute Gasteiger partial charge is 0.282 e. The molecule has 3 heterocycles. The molecule has 0 spiro atoms. The lowest BCUT2D eigenvalue weighted by atomic mass is 10.1. The van der Waals surface area contributed by atoms with Crippen molar-refractivity contribution in [3.63, 3.8) is 0 Å². The van der Waals surface area contributed by atoms with Crippen LogP contribution in [-0.4, -0.2) is 49.3 Å². The van der Waals surface area contributed by atoms with Gasteiger partial charge in [-0.15, -0.1) is 10.2 Å². The summed E-state index contributed by atoms with van der Waals surface area (Å²) in [6, 6.07) is 15.9. The van der Waals surface area contributed by atoms with Crippen LogP contribution in [0.25, 0.3) is 17.1 Å². The van der Waals surface area contributed by atoms with Crippen LogP contribution in [0.4, 0.5) is 5.69 Å². The topological polar surface area (TPSA) is 147 Å². The number of amides is 1. The van der Waals surface area contributed by atoms with E-state index in [1.165, 1.54) is 30.1 Å². The third-order valence-electron chi connectivity index (χ3n) is 5.03. The number of nitro groups is 1. The largest absolute Gasteiger partial charge is 0.454 e. The van der Waals surface area contributed by atoms with E-state index < -0.39 is 10.8 Å². The highest BCUT2D eigenvalue weighted by Gasteiger charge is 2.22. The van der Waals surface area contributed by atoms with E-state index in [-0.39, 0.29) is 29.5 Å². The van der Waals surface area contributed by atoms with Crippen molar-refractivity contribution in [2.24, 2.45) is 5.10 Å². The van der Waals surface area contributed by atoms with Crippen molar-refractivity contribution >= 4 is 29.6 Å². The van der Waals surface area contributed by atoms with E-state index in [9.17, 15) is 14.9 Å². The number of benzene rings is 2. The van der Waals surface area contributed by atoms with E-state index in [2.05, 4.69) is 25.7 Å². The van der Waals surface area contributed by atoms with Gasteiger partial charge in [0.1, 0.15) is 0 Å². The minimum atomic E-state index is -0.558. The van der Waals surface area contributed by atoms with Crippen LogP contribution in [0, 0.1) is 10.1 Å². The first-order valence-electron chi connectivity index (χ1n) is 10.5. The summed E-state index contributed by atoms with van der Waals surface area (Å²) < 4.78 is 12.3. The summed E-state index contributed by atoms with van der Waals surface area (Å²) in [4.78, 5) is 27.3. The minimum Gasteiger partial charge on any atom is -0.454 e. The number of carbonyl (C=O) groups is 1. The number of nitrogens with one attached hydrogen (secondary N) is 1. The molecular weight excluding hydrogens is 486 g/mol. The Hall–Kier alpha value is -4.78. The summed E-state index contributed by atoms with van der Waals surface area (Å²) in [6.45, 7) is -0.0164. The van der Waals surface area contributed by atoms with Gasteiger partial charge in [0.2, 0.25) is 6.79 Å². The maximum Gasteiger partial charge on any atom is 0.282 e. The first-order valence-corrected chi connectivity index (χ1v) is 11.5. The third kappa shape index (κ3) is 4.86. The van der Waals surface area contributed by atoms with Crippen molar-refractivity contribution < 1.29 is 19.2 Å².